The van der Waals surface area contributed by atoms with Crippen molar-refractivity contribution < 1.29 is 9.59 Å². The highest BCUT2D eigenvalue weighted by molar-refractivity contribution is 5.94. The summed E-state index contributed by atoms with van der Waals surface area (Å²) in [7, 11) is 1.78. The number of hydrogen-bond donors (Lipinski definition) is 1. The summed E-state index contributed by atoms with van der Waals surface area (Å²) in [5.41, 5.74) is 2.11. The van der Waals surface area contributed by atoms with Gasteiger partial charge in [-0.05, 0) is 37.8 Å². The fourth-order valence-electron chi connectivity index (χ4n) is 2.99. The summed E-state index contributed by atoms with van der Waals surface area (Å²) >= 11 is 0. The summed E-state index contributed by atoms with van der Waals surface area (Å²) < 4.78 is 1.61. The molecule has 0 radical (unpaired) electrons. The van der Waals surface area contributed by atoms with Crippen LogP contribution >= 0.6 is 0 Å². The van der Waals surface area contributed by atoms with Crippen molar-refractivity contribution in [2.24, 2.45) is 13.0 Å². The van der Waals surface area contributed by atoms with E-state index in [-0.39, 0.29) is 11.8 Å². The van der Waals surface area contributed by atoms with Gasteiger partial charge in [0, 0.05) is 44.8 Å². The third-order valence-corrected chi connectivity index (χ3v) is 4.58. The number of hydrogen-bond acceptors (Lipinski definition) is 4. The van der Waals surface area contributed by atoms with Crippen LogP contribution in [-0.4, -0.2) is 51.1 Å². The molecule has 2 amide bonds. The SMILES string of the molecule is Cc1ccc(C(=O)N2CCC(CNC(=O)c3cnn(C)c3)CC2)cn1. The van der Waals surface area contributed by atoms with Crippen LogP contribution in [0.1, 0.15) is 39.3 Å². The highest BCUT2D eigenvalue weighted by Crippen LogP contribution is 2.18. The molecular weight excluding hydrogens is 318 g/mol. The van der Waals surface area contributed by atoms with E-state index in [1.807, 2.05) is 24.0 Å². The van der Waals surface area contributed by atoms with Crippen LogP contribution in [0.15, 0.2) is 30.7 Å². The first kappa shape index (κ1) is 17.1. The van der Waals surface area contributed by atoms with E-state index in [9.17, 15) is 9.59 Å². The molecule has 0 bridgehead atoms. The number of carbonyl (C=O) groups is 2. The van der Waals surface area contributed by atoms with E-state index in [0.29, 0.717) is 36.7 Å². The van der Waals surface area contributed by atoms with Gasteiger partial charge in [-0.25, -0.2) is 0 Å². The van der Waals surface area contributed by atoms with Crippen LogP contribution in [0.25, 0.3) is 0 Å². The fourth-order valence-corrected chi connectivity index (χ4v) is 2.99. The predicted octanol–water partition coefficient (Wildman–Crippen LogP) is 1.41. The minimum atomic E-state index is -0.0997. The maximum Gasteiger partial charge on any atom is 0.255 e. The first-order valence-electron chi connectivity index (χ1n) is 8.51. The molecule has 2 aromatic heterocycles. The van der Waals surface area contributed by atoms with Crippen molar-refractivity contribution in [3.8, 4) is 0 Å². The zero-order valence-corrected chi connectivity index (χ0v) is 14.6. The average molecular weight is 341 g/mol. The second-order valence-electron chi connectivity index (χ2n) is 6.54. The summed E-state index contributed by atoms with van der Waals surface area (Å²) in [6.45, 7) is 3.95. The molecule has 2 aromatic rings. The maximum absolute atomic E-state index is 12.5. The van der Waals surface area contributed by atoms with Crippen molar-refractivity contribution in [1.82, 2.24) is 25.0 Å². The van der Waals surface area contributed by atoms with Crippen molar-refractivity contribution in [1.29, 1.82) is 0 Å². The van der Waals surface area contributed by atoms with Crippen LogP contribution in [-0.2, 0) is 7.05 Å². The molecule has 132 valence electrons. The number of amides is 2. The third kappa shape index (κ3) is 4.23. The van der Waals surface area contributed by atoms with Gasteiger partial charge >= 0.3 is 0 Å². The molecular formula is C18H23N5O2. The van der Waals surface area contributed by atoms with E-state index in [1.54, 1.807) is 30.3 Å². The van der Waals surface area contributed by atoms with Gasteiger partial charge in [0.05, 0.1) is 17.3 Å². The number of pyridine rings is 1. The van der Waals surface area contributed by atoms with Crippen molar-refractivity contribution in [2.45, 2.75) is 19.8 Å². The molecule has 0 saturated carbocycles. The van der Waals surface area contributed by atoms with Crippen molar-refractivity contribution in [3.63, 3.8) is 0 Å². The van der Waals surface area contributed by atoms with Gasteiger partial charge in [0.15, 0.2) is 0 Å². The zero-order chi connectivity index (χ0) is 17.8. The Bertz CT molecular complexity index is 745. The smallest absolute Gasteiger partial charge is 0.255 e. The highest BCUT2D eigenvalue weighted by Gasteiger charge is 2.24. The molecule has 1 aliphatic heterocycles. The first-order valence-corrected chi connectivity index (χ1v) is 8.51. The Hall–Kier alpha value is -2.70. The van der Waals surface area contributed by atoms with Crippen LogP contribution < -0.4 is 5.32 Å². The number of aromatic nitrogens is 3. The molecule has 0 spiro atoms. The lowest BCUT2D eigenvalue weighted by Crippen LogP contribution is -2.41. The normalized spacial score (nSPS) is 15.2. The van der Waals surface area contributed by atoms with Crippen LogP contribution in [0, 0.1) is 12.8 Å². The van der Waals surface area contributed by atoms with Gasteiger partial charge in [0.1, 0.15) is 0 Å². The molecule has 0 unspecified atom stereocenters. The maximum atomic E-state index is 12.5. The number of nitrogens with one attached hydrogen (secondary N) is 1. The van der Waals surface area contributed by atoms with Crippen LogP contribution in [0.3, 0.4) is 0 Å². The Morgan fingerprint density at radius 1 is 1.20 bits per heavy atom. The molecule has 7 heteroatoms. The van der Waals surface area contributed by atoms with Gasteiger partial charge in [-0.2, -0.15) is 5.10 Å². The van der Waals surface area contributed by atoms with Crippen LogP contribution in [0.2, 0.25) is 0 Å². The van der Waals surface area contributed by atoms with E-state index in [2.05, 4.69) is 15.4 Å². The summed E-state index contributed by atoms with van der Waals surface area (Å²) in [6, 6.07) is 3.68. The van der Waals surface area contributed by atoms with Crippen LogP contribution in [0.4, 0.5) is 0 Å². The molecule has 25 heavy (non-hydrogen) atoms. The van der Waals surface area contributed by atoms with E-state index < -0.39 is 0 Å². The predicted molar refractivity (Wildman–Crippen MR) is 93.1 cm³/mol. The number of likely N-dealkylation sites (tertiary alicyclic amines) is 1. The quantitative estimate of drug-likeness (QED) is 0.912. The topological polar surface area (TPSA) is 80.1 Å². The molecule has 0 aromatic carbocycles. The van der Waals surface area contributed by atoms with Gasteiger partial charge in [0.2, 0.25) is 0 Å². The lowest BCUT2D eigenvalue weighted by Gasteiger charge is -2.32. The van der Waals surface area contributed by atoms with Gasteiger partial charge in [-0.15, -0.1) is 0 Å². The molecule has 3 heterocycles. The molecule has 3 rings (SSSR count). The largest absolute Gasteiger partial charge is 0.352 e. The Morgan fingerprint density at radius 2 is 1.96 bits per heavy atom. The Kier molecular flexibility index (Phi) is 5.11. The minimum absolute atomic E-state index is 0.0327. The monoisotopic (exact) mass is 341 g/mol. The van der Waals surface area contributed by atoms with Gasteiger partial charge < -0.3 is 10.2 Å². The second kappa shape index (κ2) is 7.46. The molecule has 1 aliphatic rings. The molecule has 7 nitrogen and oxygen atoms in total. The van der Waals surface area contributed by atoms with E-state index in [4.69, 9.17) is 0 Å². The number of carbonyl (C=O) groups excluding carboxylic acids is 2. The summed E-state index contributed by atoms with van der Waals surface area (Å²) in [6.07, 6.45) is 6.67. The average Bonchev–Trinajstić information content (AvgIpc) is 3.07. The third-order valence-electron chi connectivity index (χ3n) is 4.58. The Labute approximate surface area is 147 Å². The number of rotatable bonds is 4. The van der Waals surface area contributed by atoms with Crippen molar-refractivity contribution in [3.05, 3.63) is 47.5 Å². The Morgan fingerprint density at radius 3 is 2.56 bits per heavy atom. The lowest BCUT2D eigenvalue weighted by atomic mass is 9.96. The van der Waals surface area contributed by atoms with Crippen LogP contribution in [0.5, 0.6) is 0 Å². The van der Waals surface area contributed by atoms with Gasteiger partial charge in [-0.3, -0.25) is 19.3 Å². The number of piperidine rings is 1. The van der Waals surface area contributed by atoms with E-state index >= 15 is 0 Å². The number of nitrogens with zero attached hydrogens (tertiary/aromatic N) is 4. The Balaban J connectivity index is 1.46. The van der Waals surface area contributed by atoms with E-state index in [1.165, 1.54) is 0 Å². The zero-order valence-electron chi connectivity index (χ0n) is 14.6. The van der Waals surface area contributed by atoms with Gasteiger partial charge in [0.25, 0.3) is 11.8 Å². The molecule has 1 fully saturated rings. The van der Waals surface area contributed by atoms with Crippen molar-refractivity contribution in [2.75, 3.05) is 19.6 Å². The van der Waals surface area contributed by atoms with E-state index in [0.717, 1.165) is 18.5 Å². The minimum Gasteiger partial charge on any atom is -0.352 e. The van der Waals surface area contributed by atoms with Gasteiger partial charge in [-0.1, -0.05) is 0 Å². The molecule has 0 aliphatic carbocycles. The fraction of sp³-hybridized carbons (Fsp3) is 0.444. The number of aryl methyl sites for hydroxylation is 2. The molecule has 0 atom stereocenters. The summed E-state index contributed by atoms with van der Waals surface area (Å²) in [4.78, 5) is 30.6. The lowest BCUT2D eigenvalue weighted by molar-refractivity contribution is 0.0684. The molecule has 1 saturated heterocycles. The van der Waals surface area contributed by atoms with Crippen molar-refractivity contribution >= 4 is 11.8 Å². The molecule has 1 N–H and O–H groups in total. The summed E-state index contributed by atoms with van der Waals surface area (Å²) in [5, 5.41) is 6.96. The summed E-state index contributed by atoms with van der Waals surface area (Å²) in [5.74, 6) is 0.323. The standard InChI is InChI=1S/C18H23N5O2/c1-13-3-4-15(10-19-13)18(25)23-7-5-14(6-8-23)9-20-17(24)16-11-21-22(2)12-16/h3-4,10-12,14H,5-9H2,1-2H3,(H,20,24). The highest BCUT2D eigenvalue weighted by atomic mass is 16.2. The second-order valence-corrected chi connectivity index (χ2v) is 6.54. The first-order chi connectivity index (χ1) is 12.0.